The van der Waals surface area contributed by atoms with Crippen molar-refractivity contribution in [1.29, 1.82) is 0 Å². The van der Waals surface area contributed by atoms with Gasteiger partial charge in [-0.15, -0.1) is 0 Å². The number of halogens is 1. The number of carbonyl (C=O) groups excluding carboxylic acids is 1. The molecule has 5 heteroatoms. The molecule has 0 heterocycles. The third-order valence-corrected chi connectivity index (χ3v) is 2.15. The second-order valence-corrected chi connectivity index (χ2v) is 3.27. The molecule has 0 saturated carbocycles. The van der Waals surface area contributed by atoms with Gasteiger partial charge in [0.1, 0.15) is 6.04 Å². The van der Waals surface area contributed by atoms with Crippen LogP contribution in [0.15, 0.2) is 0 Å². The molecule has 0 fully saturated rings. The third kappa shape index (κ3) is 5.37. The van der Waals surface area contributed by atoms with Gasteiger partial charge in [0.25, 0.3) is 0 Å². The van der Waals surface area contributed by atoms with Gasteiger partial charge in [-0.05, 0) is 6.92 Å². The van der Waals surface area contributed by atoms with E-state index in [1.165, 1.54) is 11.8 Å². The van der Waals surface area contributed by atoms with E-state index in [0.29, 0.717) is 18.1 Å². The molecule has 0 aromatic carbocycles. The quantitative estimate of drug-likeness (QED) is 0.497. The zero-order valence-corrected chi connectivity index (χ0v) is 7.90. The number of alkyl halides is 1. The lowest BCUT2D eigenvalue weighted by Gasteiger charge is -2.08. The van der Waals surface area contributed by atoms with Gasteiger partial charge in [-0.2, -0.15) is 11.8 Å². The summed E-state index contributed by atoms with van der Waals surface area (Å²) in [5, 5.41) is 0. The summed E-state index contributed by atoms with van der Waals surface area (Å²) in [6, 6.07) is -0.624. The number of hydrogen-bond acceptors (Lipinski definition) is 4. The largest absolute Gasteiger partial charge is 0.465 e. The zero-order valence-electron chi connectivity index (χ0n) is 7.09. The Balaban J connectivity index is 3.42. The first-order chi connectivity index (χ1) is 5.72. The summed E-state index contributed by atoms with van der Waals surface area (Å²) < 4.78 is 16.3. The molecule has 0 bridgehead atoms. The highest BCUT2D eigenvalue weighted by Crippen LogP contribution is 2.02. The predicted octanol–water partition coefficient (Wildman–Crippen LogP) is 0.580. The molecule has 0 radical (unpaired) electrons. The molecule has 0 aromatic heterocycles. The molecule has 0 aliphatic carbocycles. The average Bonchev–Trinajstić information content (AvgIpc) is 2.05. The van der Waals surface area contributed by atoms with Crippen molar-refractivity contribution in [3.63, 3.8) is 0 Å². The van der Waals surface area contributed by atoms with Gasteiger partial charge in [0.05, 0.1) is 13.3 Å². The first kappa shape index (κ1) is 11.7. The summed E-state index contributed by atoms with van der Waals surface area (Å²) in [5.41, 5.74) is 5.43. The Morgan fingerprint density at radius 2 is 2.42 bits per heavy atom. The van der Waals surface area contributed by atoms with Gasteiger partial charge < -0.3 is 10.5 Å². The van der Waals surface area contributed by atoms with E-state index in [1.54, 1.807) is 6.92 Å². The van der Waals surface area contributed by atoms with E-state index in [1.807, 2.05) is 0 Å². The Bertz CT molecular complexity index is 135. The van der Waals surface area contributed by atoms with Crippen LogP contribution < -0.4 is 5.73 Å². The second kappa shape index (κ2) is 7.36. The summed E-state index contributed by atoms with van der Waals surface area (Å²) in [5.74, 6) is 0.388. The molecule has 0 saturated heterocycles. The maximum atomic E-state index is 11.6. The van der Waals surface area contributed by atoms with Crippen LogP contribution in [0, 0.1) is 0 Å². The van der Waals surface area contributed by atoms with E-state index < -0.39 is 12.0 Å². The first-order valence-electron chi connectivity index (χ1n) is 3.78. The molecule has 1 unspecified atom stereocenters. The SMILES string of the molecule is CCOC(=O)C(N)CSCCF. The maximum Gasteiger partial charge on any atom is 0.323 e. The number of rotatable bonds is 6. The van der Waals surface area contributed by atoms with Crippen LogP contribution in [-0.2, 0) is 9.53 Å². The van der Waals surface area contributed by atoms with E-state index in [2.05, 4.69) is 4.74 Å². The van der Waals surface area contributed by atoms with Crippen molar-refractivity contribution >= 4 is 17.7 Å². The highest BCUT2D eigenvalue weighted by molar-refractivity contribution is 7.99. The summed E-state index contributed by atoms with van der Waals surface area (Å²) in [6.07, 6.45) is 0. The van der Waals surface area contributed by atoms with Crippen molar-refractivity contribution in [2.24, 2.45) is 5.73 Å². The van der Waals surface area contributed by atoms with Gasteiger partial charge in [0.15, 0.2) is 0 Å². The molecule has 0 aromatic rings. The molecule has 12 heavy (non-hydrogen) atoms. The Morgan fingerprint density at radius 3 is 2.92 bits per heavy atom. The number of esters is 1. The summed E-state index contributed by atoms with van der Waals surface area (Å²) in [6.45, 7) is 1.67. The van der Waals surface area contributed by atoms with Crippen LogP contribution in [0.1, 0.15) is 6.92 Å². The highest BCUT2D eigenvalue weighted by atomic mass is 32.2. The highest BCUT2D eigenvalue weighted by Gasteiger charge is 2.13. The lowest BCUT2D eigenvalue weighted by molar-refractivity contribution is -0.144. The number of thioether (sulfide) groups is 1. The summed E-state index contributed by atoms with van der Waals surface area (Å²) in [7, 11) is 0. The number of nitrogens with two attached hydrogens (primary N) is 1. The van der Waals surface area contributed by atoms with Gasteiger partial charge in [-0.1, -0.05) is 0 Å². The van der Waals surface area contributed by atoms with Crippen LogP contribution in [0.4, 0.5) is 4.39 Å². The van der Waals surface area contributed by atoms with Gasteiger partial charge >= 0.3 is 5.97 Å². The first-order valence-corrected chi connectivity index (χ1v) is 4.93. The van der Waals surface area contributed by atoms with E-state index in [9.17, 15) is 9.18 Å². The van der Waals surface area contributed by atoms with Crippen molar-refractivity contribution in [1.82, 2.24) is 0 Å². The number of ether oxygens (including phenoxy) is 1. The number of hydrogen-bond donors (Lipinski definition) is 1. The Kier molecular flexibility index (Phi) is 7.19. The van der Waals surface area contributed by atoms with Crippen LogP contribution in [0.5, 0.6) is 0 Å². The predicted molar refractivity (Wildman–Crippen MR) is 47.9 cm³/mol. The molecule has 0 spiro atoms. The fourth-order valence-electron chi connectivity index (χ4n) is 0.582. The molecule has 0 aliphatic heterocycles. The minimum atomic E-state index is -0.624. The molecular formula is C7H14FNO2S. The minimum absolute atomic E-state index is 0.334. The van der Waals surface area contributed by atoms with Crippen molar-refractivity contribution < 1.29 is 13.9 Å². The fourth-order valence-corrected chi connectivity index (χ4v) is 1.25. The smallest absolute Gasteiger partial charge is 0.323 e. The summed E-state index contributed by atoms with van der Waals surface area (Å²) >= 11 is 1.31. The van der Waals surface area contributed by atoms with E-state index in [0.717, 1.165) is 0 Å². The van der Waals surface area contributed by atoms with Crippen LogP contribution in [0.2, 0.25) is 0 Å². The van der Waals surface area contributed by atoms with Crippen LogP contribution >= 0.6 is 11.8 Å². The van der Waals surface area contributed by atoms with Crippen molar-refractivity contribution in [2.45, 2.75) is 13.0 Å². The molecule has 0 aliphatic rings. The van der Waals surface area contributed by atoms with Gasteiger partial charge in [0.2, 0.25) is 0 Å². The van der Waals surface area contributed by atoms with E-state index in [4.69, 9.17) is 5.73 Å². The Morgan fingerprint density at radius 1 is 1.75 bits per heavy atom. The van der Waals surface area contributed by atoms with E-state index >= 15 is 0 Å². The van der Waals surface area contributed by atoms with Gasteiger partial charge in [-0.25, -0.2) is 0 Å². The van der Waals surface area contributed by atoms with Crippen LogP contribution in [-0.4, -0.2) is 36.8 Å². The molecule has 2 N–H and O–H groups in total. The lowest BCUT2D eigenvalue weighted by Crippen LogP contribution is -2.34. The average molecular weight is 195 g/mol. The van der Waals surface area contributed by atoms with Crippen LogP contribution in [0.3, 0.4) is 0 Å². The Labute approximate surface area is 75.8 Å². The molecule has 72 valence electrons. The molecule has 0 amide bonds. The standard InChI is InChI=1S/C7H14FNO2S/c1-2-11-7(10)6(9)5-12-4-3-8/h6H,2-5,9H2,1H3. The minimum Gasteiger partial charge on any atom is -0.465 e. The molecule has 0 rings (SSSR count). The van der Waals surface area contributed by atoms with Crippen molar-refractivity contribution in [3.8, 4) is 0 Å². The zero-order chi connectivity index (χ0) is 9.40. The molecule has 1 atom stereocenters. The number of carbonyl (C=O) groups is 1. The topological polar surface area (TPSA) is 52.3 Å². The monoisotopic (exact) mass is 195 g/mol. The second-order valence-electron chi connectivity index (χ2n) is 2.12. The molecular weight excluding hydrogens is 181 g/mol. The molecule has 3 nitrogen and oxygen atoms in total. The Hall–Kier alpha value is -0.290. The lowest BCUT2D eigenvalue weighted by atomic mass is 10.4. The maximum absolute atomic E-state index is 11.6. The fraction of sp³-hybridized carbons (Fsp3) is 0.857. The van der Waals surface area contributed by atoms with Gasteiger partial charge in [0, 0.05) is 11.5 Å². The van der Waals surface area contributed by atoms with Crippen molar-refractivity contribution in [2.75, 3.05) is 24.8 Å². The van der Waals surface area contributed by atoms with Gasteiger partial charge in [-0.3, -0.25) is 9.18 Å². The van der Waals surface area contributed by atoms with Crippen LogP contribution in [0.25, 0.3) is 0 Å². The summed E-state index contributed by atoms with van der Waals surface area (Å²) in [4.78, 5) is 10.9. The normalized spacial score (nSPS) is 12.6. The van der Waals surface area contributed by atoms with Crippen molar-refractivity contribution in [3.05, 3.63) is 0 Å². The third-order valence-electron chi connectivity index (χ3n) is 1.11. The van der Waals surface area contributed by atoms with E-state index in [-0.39, 0.29) is 6.67 Å².